The molecule has 1 aromatic carbocycles. The van der Waals surface area contributed by atoms with Crippen LogP contribution in [0, 0.1) is 0 Å². The van der Waals surface area contributed by atoms with E-state index in [1.807, 2.05) is 29.2 Å². The summed E-state index contributed by atoms with van der Waals surface area (Å²) in [7, 11) is 0. The van der Waals surface area contributed by atoms with Crippen molar-refractivity contribution >= 4 is 11.6 Å². The zero-order chi connectivity index (χ0) is 12.3. The van der Waals surface area contributed by atoms with E-state index in [1.54, 1.807) is 0 Å². The maximum Gasteiger partial charge on any atom is 0.222 e. The molecule has 1 saturated heterocycles. The second-order valence-corrected chi connectivity index (χ2v) is 4.53. The second-order valence-electron chi connectivity index (χ2n) is 4.53. The molecular weight excluding hydrogens is 214 g/mol. The molecule has 1 unspecified atom stereocenters. The molecule has 1 atom stereocenters. The van der Waals surface area contributed by atoms with E-state index >= 15 is 0 Å². The molecule has 0 radical (unpaired) electrons. The molecule has 1 aliphatic rings. The monoisotopic (exact) mass is 233 g/mol. The molecule has 0 saturated carbocycles. The van der Waals surface area contributed by atoms with Crippen LogP contribution in [-0.2, 0) is 4.79 Å². The lowest BCUT2D eigenvalue weighted by Crippen LogP contribution is -2.40. The van der Waals surface area contributed by atoms with Crippen LogP contribution in [0.15, 0.2) is 24.3 Å². The summed E-state index contributed by atoms with van der Waals surface area (Å²) in [5.74, 6) is 0.209. The molecular formula is C13H19N3O. The number of hydrogen-bond acceptors (Lipinski definition) is 3. The van der Waals surface area contributed by atoms with Crippen molar-refractivity contribution in [2.45, 2.75) is 25.3 Å². The average Bonchev–Trinajstić information content (AvgIpc) is 2.32. The van der Waals surface area contributed by atoms with Gasteiger partial charge in [0.25, 0.3) is 0 Å². The lowest BCUT2D eigenvalue weighted by molar-refractivity contribution is -0.133. The first-order valence-corrected chi connectivity index (χ1v) is 6.06. The molecule has 1 fully saturated rings. The number of nitrogens with zero attached hydrogens (tertiary/aromatic N) is 1. The molecule has 2 rings (SSSR count). The summed E-state index contributed by atoms with van der Waals surface area (Å²) in [6, 6.07) is 7.38. The van der Waals surface area contributed by atoms with Gasteiger partial charge >= 0.3 is 0 Å². The number of carbonyl (C=O) groups is 1. The molecule has 0 bridgehead atoms. The Morgan fingerprint density at radius 3 is 2.76 bits per heavy atom. The summed E-state index contributed by atoms with van der Waals surface area (Å²) >= 11 is 0. The first kappa shape index (κ1) is 11.9. The summed E-state index contributed by atoms with van der Waals surface area (Å²) in [5.41, 5.74) is 13.6. The minimum atomic E-state index is -0.196. The summed E-state index contributed by atoms with van der Waals surface area (Å²) < 4.78 is 0. The molecule has 4 heteroatoms. The number of anilines is 1. The van der Waals surface area contributed by atoms with Gasteiger partial charge in [-0.2, -0.15) is 0 Å². The van der Waals surface area contributed by atoms with Crippen LogP contribution in [0.5, 0.6) is 0 Å². The lowest BCUT2D eigenvalue weighted by Gasteiger charge is -2.29. The minimum Gasteiger partial charge on any atom is -0.398 e. The SMILES string of the molecule is Nc1ccccc1C(N)CN1CCCCC1=O. The first-order valence-electron chi connectivity index (χ1n) is 6.06. The topological polar surface area (TPSA) is 72.3 Å². The third kappa shape index (κ3) is 2.77. The van der Waals surface area contributed by atoms with Crippen LogP contribution in [-0.4, -0.2) is 23.9 Å². The molecule has 0 aliphatic carbocycles. The fourth-order valence-corrected chi connectivity index (χ4v) is 2.24. The van der Waals surface area contributed by atoms with Crippen LogP contribution < -0.4 is 11.5 Å². The number of rotatable bonds is 3. The second kappa shape index (κ2) is 5.19. The number of hydrogen-bond donors (Lipinski definition) is 2. The van der Waals surface area contributed by atoms with Gasteiger partial charge in [-0.1, -0.05) is 18.2 Å². The Labute approximate surface area is 102 Å². The van der Waals surface area contributed by atoms with Crippen molar-refractivity contribution in [1.82, 2.24) is 4.90 Å². The van der Waals surface area contributed by atoms with Gasteiger partial charge in [-0.05, 0) is 24.5 Å². The Morgan fingerprint density at radius 2 is 2.06 bits per heavy atom. The van der Waals surface area contributed by atoms with Gasteiger partial charge in [-0.3, -0.25) is 4.79 Å². The fourth-order valence-electron chi connectivity index (χ4n) is 2.24. The van der Waals surface area contributed by atoms with Crippen molar-refractivity contribution in [3.05, 3.63) is 29.8 Å². The number of para-hydroxylation sites is 1. The third-order valence-electron chi connectivity index (χ3n) is 3.23. The Kier molecular flexibility index (Phi) is 3.64. The summed E-state index contributed by atoms with van der Waals surface area (Å²) in [4.78, 5) is 13.5. The van der Waals surface area contributed by atoms with Crippen LogP contribution in [0.3, 0.4) is 0 Å². The van der Waals surface area contributed by atoms with Crippen molar-refractivity contribution < 1.29 is 4.79 Å². The first-order chi connectivity index (χ1) is 8.18. The van der Waals surface area contributed by atoms with E-state index in [2.05, 4.69) is 0 Å². The smallest absolute Gasteiger partial charge is 0.222 e. The molecule has 1 aromatic rings. The highest BCUT2D eigenvalue weighted by atomic mass is 16.2. The number of piperidine rings is 1. The molecule has 1 heterocycles. The predicted molar refractivity (Wildman–Crippen MR) is 68.2 cm³/mol. The van der Waals surface area contributed by atoms with Crippen molar-refractivity contribution in [2.24, 2.45) is 5.73 Å². The van der Waals surface area contributed by atoms with Crippen LogP contribution in [0.1, 0.15) is 30.9 Å². The van der Waals surface area contributed by atoms with E-state index in [1.165, 1.54) is 0 Å². The Balaban J connectivity index is 2.03. The van der Waals surface area contributed by atoms with Gasteiger partial charge < -0.3 is 16.4 Å². The van der Waals surface area contributed by atoms with Gasteiger partial charge in [0, 0.05) is 31.2 Å². The highest BCUT2D eigenvalue weighted by Gasteiger charge is 2.21. The van der Waals surface area contributed by atoms with Crippen LogP contribution >= 0.6 is 0 Å². The number of amides is 1. The maximum absolute atomic E-state index is 11.7. The predicted octanol–water partition coefficient (Wildman–Crippen LogP) is 1.28. The Bertz CT molecular complexity index is 405. The minimum absolute atomic E-state index is 0.196. The Morgan fingerprint density at radius 1 is 1.29 bits per heavy atom. The number of carbonyl (C=O) groups excluding carboxylic acids is 1. The van der Waals surface area contributed by atoms with Crippen molar-refractivity contribution in [3.63, 3.8) is 0 Å². The maximum atomic E-state index is 11.7. The molecule has 4 nitrogen and oxygen atoms in total. The molecule has 1 aliphatic heterocycles. The van der Waals surface area contributed by atoms with Gasteiger partial charge in [0.2, 0.25) is 5.91 Å². The van der Waals surface area contributed by atoms with Crippen molar-refractivity contribution in [3.8, 4) is 0 Å². The van der Waals surface area contributed by atoms with E-state index in [0.717, 1.165) is 24.9 Å². The largest absolute Gasteiger partial charge is 0.398 e. The van der Waals surface area contributed by atoms with E-state index in [0.29, 0.717) is 18.7 Å². The normalized spacial score (nSPS) is 18.2. The van der Waals surface area contributed by atoms with Crippen molar-refractivity contribution in [2.75, 3.05) is 18.8 Å². The zero-order valence-electron chi connectivity index (χ0n) is 9.93. The van der Waals surface area contributed by atoms with Gasteiger partial charge in [0.15, 0.2) is 0 Å². The van der Waals surface area contributed by atoms with Gasteiger partial charge in [-0.25, -0.2) is 0 Å². The quantitative estimate of drug-likeness (QED) is 0.772. The van der Waals surface area contributed by atoms with Crippen molar-refractivity contribution in [1.29, 1.82) is 0 Å². The van der Waals surface area contributed by atoms with E-state index < -0.39 is 0 Å². The number of nitrogens with two attached hydrogens (primary N) is 2. The fraction of sp³-hybridized carbons (Fsp3) is 0.462. The van der Waals surface area contributed by atoms with E-state index in [4.69, 9.17) is 11.5 Å². The van der Waals surface area contributed by atoms with Gasteiger partial charge in [0.05, 0.1) is 0 Å². The third-order valence-corrected chi connectivity index (χ3v) is 3.23. The van der Waals surface area contributed by atoms with Crippen LogP contribution in [0.2, 0.25) is 0 Å². The summed E-state index contributed by atoms with van der Waals surface area (Å²) in [5, 5.41) is 0. The molecule has 0 spiro atoms. The Hall–Kier alpha value is -1.55. The van der Waals surface area contributed by atoms with E-state index in [9.17, 15) is 4.79 Å². The number of likely N-dealkylation sites (tertiary alicyclic amines) is 1. The number of benzene rings is 1. The zero-order valence-corrected chi connectivity index (χ0v) is 9.93. The molecule has 17 heavy (non-hydrogen) atoms. The van der Waals surface area contributed by atoms with Gasteiger partial charge in [0.1, 0.15) is 0 Å². The van der Waals surface area contributed by atoms with Crippen LogP contribution in [0.25, 0.3) is 0 Å². The van der Waals surface area contributed by atoms with Gasteiger partial charge in [-0.15, -0.1) is 0 Å². The molecule has 0 aromatic heterocycles. The van der Waals surface area contributed by atoms with E-state index in [-0.39, 0.29) is 11.9 Å². The molecule has 1 amide bonds. The molecule has 4 N–H and O–H groups in total. The summed E-state index contributed by atoms with van der Waals surface area (Å²) in [6.45, 7) is 1.38. The highest BCUT2D eigenvalue weighted by molar-refractivity contribution is 5.76. The molecule has 92 valence electrons. The highest BCUT2D eigenvalue weighted by Crippen LogP contribution is 2.20. The lowest BCUT2D eigenvalue weighted by atomic mass is 10.0. The number of nitrogen functional groups attached to an aromatic ring is 1. The standard InChI is InChI=1S/C13H19N3O/c14-11-6-2-1-5-10(11)12(15)9-16-8-4-3-7-13(16)17/h1-2,5-6,12H,3-4,7-9,14-15H2. The van der Waals surface area contributed by atoms with Crippen LogP contribution in [0.4, 0.5) is 5.69 Å². The average molecular weight is 233 g/mol. The summed E-state index contributed by atoms with van der Waals surface area (Å²) in [6.07, 6.45) is 2.72.